The fourth-order valence-corrected chi connectivity index (χ4v) is 4.26. The summed E-state index contributed by atoms with van der Waals surface area (Å²) in [6.45, 7) is 6.53. The van der Waals surface area contributed by atoms with Crippen LogP contribution < -0.4 is 4.72 Å². The summed E-state index contributed by atoms with van der Waals surface area (Å²) < 4.78 is 36.2. The first-order valence-electron chi connectivity index (χ1n) is 11.1. The maximum Gasteiger partial charge on any atom is 0.283 e. The maximum atomic E-state index is 14.3. The van der Waals surface area contributed by atoms with Crippen LogP contribution >= 0.6 is 11.9 Å². The molecule has 2 fully saturated rings. The highest BCUT2D eigenvalue weighted by Crippen LogP contribution is 2.34. The molecule has 0 aliphatic carbocycles. The summed E-state index contributed by atoms with van der Waals surface area (Å²) in [5.74, 6) is -2.94. The Bertz CT molecular complexity index is 819. The molecule has 2 aliphatic rings. The van der Waals surface area contributed by atoms with Crippen molar-refractivity contribution in [3.8, 4) is 11.1 Å². The second kappa shape index (κ2) is 12.9. The first-order valence-corrected chi connectivity index (χ1v) is 12.3. The number of hydrogen-bond donors (Lipinski definition) is 1. The number of ether oxygens (including phenoxy) is 1. The molecular formula is C25H34F2N2O2S. The Kier molecular flexibility index (Phi) is 10.6. The van der Waals surface area contributed by atoms with Gasteiger partial charge in [0.15, 0.2) is 0 Å². The third kappa shape index (κ3) is 7.02. The number of alkyl halides is 2. The average Bonchev–Trinajstić information content (AvgIpc) is 3.04. The SMILES string of the molecule is CC.CC1CCO1.CSNC1C(Cc2cccc(-c3ccccc3)c2)N(C=O)CC1(F)F. The first-order chi connectivity index (χ1) is 15.4. The number of halogens is 2. The smallest absolute Gasteiger partial charge is 0.283 e. The zero-order valence-corrected chi connectivity index (χ0v) is 20.1. The van der Waals surface area contributed by atoms with Gasteiger partial charge in [-0.05, 0) is 42.7 Å². The Labute approximate surface area is 194 Å². The van der Waals surface area contributed by atoms with E-state index < -0.39 is 24.6 Å². The molecule has 0 spiro atoms. The first kappa shape index (κ1) is 26.3. The van der Waals surface area contributed by atoms with Gasteiger partial charge in [-0.15, -0.1) is 0 Å². The van der Waals surface area contributed by atoms with Gasteiger partial charge in [0.1, 0.15) is 6.04 Å². The van der Waals surface area contributed by atoms with Gasteiger partial charge in [0.05, 0.1) is 18.7 Å². The Morgan fingerprint density at radius 2 is 1.78 bits per heavy atom. The summed E-state index contributed by atoms with van der Waals surface area (Å²) in [4.78, 5) is 12.5. The van der Waals surface area contributed by atoms with Gasteiger partial charge < -0.3 is 9.64 Å². The lowest BCUT2D eigenvalue weighted by molar-refractivity contribution is -0.120. The van der Waals surface area contributed by atoms with Crippen molar-refractivity contribution in [2.24, 2.45) is 0 Å². The molecule has 3 unspecified atom stereocenters. The van der Waals surface area contributed by atoms with E-state index in [-0.39, 0.29) is 0 Å². The molecule has 3 atom stereocenters. The summed E-state index contributed by atoms with van der Waals surface area (Å²) in [5, 5.41) is 0. The van der Waals surface area contributed by atoms with E-state index in [1.165, 1.54) is 11.3 Å². The molecular weight excluding hydrogens is 430 g/mol. The van der Waals surface area contributed by atoms with Crippen molar-refractivity contribution in [1.82, 2.24) is 9.62 Å². The predicted molar refractivity (Wildman–Crippen MR) is 129 cm³/mol. The fourth-order valence-electron chi connectivity index (χ4n) is 3.68. The van der Waals surface area contributed by atoms with Crippen LogP contribution in [0.5, 0.6) is 0 Å². The van der Waals surface area contributed by atoms with E-state index in [4.69, 9.17) is 4.74 Å². The lowest BCUT2D eigenvalue weighted by Crippen LogP contribution is -2.46. The Hall–Kier alpha value is -1.96. The van der Waals surface area contributed by atoms with Crippen LogP contribution in [0.25, 0.3) is 11.1 Å². The quantitative estimate of drug-likeness (QED) is 0.457. The normalized spacial score (nSPS) is 23.2. The lowest BCUT2D eigenvalue weighted by Gasteiger charge is -2.26. The molecule has 32 heavy (non-hydrogen) atoms. The molecule has 0 aromatic heterocycles. The predicted octanol–water partition coefficient (Wildman–Crippen LogP) is 5.43. The van der Waals surface area contributed by atoms with Gasteiger partial charge >= 0.3 is 0 Å². The number of hydrogen-bond acceptors (Lipinski definition) is 4. The number of nitrogens with zero attached hydrogens (tertiary/aromatic N) is 1. The minimum absolute atomic E-state index is 0.382. The van der Waals surface area contributed by atoms with Crippen molar-refractivity contribution in [1.29, 1.82) is 0 Å². The topological polar surface area (TPSA) is 41.6 Å². The van der Waals surface area contributed by atoms with E-state index in [1.807, 2.05) is 68.4 Å². The number of carbonyl (C=O) groups is 1. The van der Waals surface area contributed by atoms with Crippen LogP contribution in [-0.4, -0.2) is 54.8 Å². The minimum Gasteiger partial charge on any atom is -0.378 e. The Morgan fingerprint density at radius 1 is 1.16 bits per heavy atom. The number of amides is 1. The van der Waals surface area contributed by atoms with Gasteiger partial charge in [-0.25, -0.2) is 8.78 Å². The zero-order valence-electron chi connectivity index (χ0n) is 19.3. The van der Waals surface area contributed by atoms with E-state index >= 15 is 0 Å². The summed E-state index contributed by atoms with van der Waals surface area (Å²) in [6, 6.07) is 16.1. The van der Waals surface area contributed by atoms with Crippen LogP contribution in [0, 0.1) is 0 Å². The molecule has 0 bridgehead atoms. The van der Waals surface area contributed by atoms with Gasteiger partial charge in [0, 0.05) is 6.61 Å². The fraction of sp³-hybridized carbons (Fsp3) is 0.480. The Morgan fingerprint density at radius 3 is 2.31 bits per heavy atom. The second-order valence-electron chi connectivity index (χ2n) is 7.65. The zero-order chi connectivity index (χ0) is 23.6. The molecule has 2 heterocycles. The second-order valence-corrected chi connectivity index (χ2v) is 8.29. The van der Waals surface area contributed by atoms with E-state index in [0.717, 1.165) is 35.2 Å². The number of benzene rings is 2. The van der Waals surface area contributed by atoms with Crippen LogP contribution in [0.1, 0.15) is 32.8 Å². The molecule has 176 valence electrons. The highest BCUT2D eigenvalue weighted by Gasteiger charge is 2.53. The van der Waals surface area contributed by atoms with Crippen molar-refractivity contribution in [2.75, 3.05) is 19.4 Å². The van der Waals surface area contributed by atoms with Gasteiger partial charge in [0.2, 0.25) is 6.41 Å². The van der Waals surface area contributed by atoms with Crippen LogP contribution in [-0.2, 0) is 16.0 Å². The molecule has 1 amide bonds. The third-order valence-corrected chi connectivity index (χ3v) is 5.93. The number of likely N-dealkylation sites (tertiary alicyclic amines) is 1. The van der Waals surface area contributed by atoms with Gasteiger partial charge in [0.25, 0.3) is 5.92 Å². The minimum atomic E-state index is -2.94. The van der Waals surface area contributed by atoms with E-state index in [9.17, 15) is 13.6 Å². The number of nitrogens with one attached hydrogen (secondary N) is 1. The molecule has 1 N–H and O–H groups in total. The summed E-state index contributed by atoms with van der Waals surface area (Å²) in [6.07, 6.45) is 4.46. The van der Waals surface area contributed by atoms with Crippen molar-refractivity contribution in [2.45, 2.75) is 57.7 Å². The third-order valence-electron chi connectivity index (χ3n) is 5.45. The summed E-state index contributed by atoms with van der Waals surface area (Å²) in [5.41, 5.74) is 3.05. The molecule has 4 rings (SSSR count). The molecule has 7 heteroatoms. The standard InChI is InChI=1S/C19H20F2N2OS.C4H8O.C2H6/c1-25-22-18-17(23(13-24)12-19(18,20)21)11-14-6-5-9-16(10-14)15-7-3-2-4-8-15;1-4-2-3-5-4;1-2/h2-10,13,17-18,22H,11-12H2,1H3;4H,2-3H2,1H3;1-2H3. The Balaban J connectivity index is 0.000000448. The van der Waals surface area contributed by atoms with Crippen LogP contribution in [0.3, 0.4) is 0 Å². The highest BCUT2D eigenvalue weighted by molar-refractivity contribution is 7.96. The monoisotopic (exact) mass is 464 g/mol. The molecule has 2 aliphatic heterocycles. The number of rotatable bonds is 6. The van der Waals surface area contributed by atoms with Crippen molar-refractivity contribution in [3.63, 3.8) is 0 Å². The van der Waals surface area contributed by atoms with Gasteiger partial charge in [-0.3, -0.25) is 9.52 Å². The van der Waals surface area contributed by atoms with E-state index in [1.54, 1.807) is 6.26 Å². The highest BCUT2D eigenvalue weighted by atomic mass is 32.2. The van der Waals surface area contributed by atoms with Crippen molar-refractivity contribution in [3.05, 3.63) is 60.2 Å². The van der Waals surface area contributed by atoms with E-state index in [2.05, 4.69) is 11.6 Å². The van der Waals surface area contributed by atoms with Crippen LogP contribution in [0.15, 0.2) is 54.6 Å². The largest absolute Gasteiger partial charge is 0.378 e. The van der Waals surface area contributed by atoms with Crippen LogP contribution in [0.4, 0.5) is 8.78 Å². The molecule has 2 aromatic carbocycles. The molecule has 2 saturated heterocycles. The van der Waals surface area contributed by atoms with Crippen LogP contribution in [0.2, 0.25) is 0 Å². The molecule has 4 nitrogen and oxygen atoms in total. The lowest BCUT2D eigenvalue weighted by atomic mass is 9.96. The van der Waals surface area contributed by atoms with Gasteiger partial charge in [-0.2, -0.15) is 0 Å². The molecule has 2 aromatic rings. The van der Waals surface area contributed by atoms with Crippen molar-refractivity contribution >= 4 is 18.4 Å². The van der Waals surface area contributed by atoms with Crippen molar-refractivity contribution < 1.29 is 18.3 Å². The average molecular weight is 465 g/mol. The molecule has 0 radical (unpaired) electrons. The van der Waals surface area contributed by atoms with E-state index in [0.29, 0.717) is 18.9 Å². The molecule has 0 saturated carbocycles. The summed E-state index contributed by atoms with van der Waals surface area (Å²) >= 11 is 1.16. The van der Waals surface area contributed by atoms with Gasteiger partial charge in [-0.1, -0.05) is 80.4 Å². The number of carbonyl (C=O) groups excluding carboxylic acids is 1. The maximum absolute atomic E-state index is 14.3. The summed E-state index contributed by atoms with van der Waals surface area (Å²) in [7, 11) is 0.